The molecule has 1 aromatic carbocycles. The molecule has 0 saturated heterocycles. The maximum absolute atomic E-state index is 10.0. The zero-order valence-corrected chi connectivity index (χ0v) is 8.56. The molecule has 15 heavy (non-hydrogen) atoms. The Kier molecular flexibility index (Phi) is 3.89. The second-order valence-corrected chi connectivity index (χ2v) is 3.14. The van der Waals surface area contributed by atoms with E-state index in [1.165, 1.54) is 0 Å². The van der Waals surface area contributed by atoms with Crippen LogP contribution in [0.25, 0.3) is 0 Å². The first-order chi connectivity index (χ1) is 7.20. The van der Waals surface area contributed by atoms with E-state index >= 15 is 0 Å². The van der Waals surface area contributed by atoms with Crippen LogP contribution in [0.5, 0.6) is 0 Å². The molecule has 1 rings (SSSR count). The molecule has 0 fully saturated rings. The molecule has 1 aromatic rings. The van der Waals surface area contributed by atoms with Crippen LogP contribution in [0.1, 0.15) is 11.7 Å². The fraction of sp³-hybridized carbons (Fsp3) is 0.0769. The van der Waals surface area contributed by atoms with Crippen LogP contribution in [0.4, 0.5) is 5.69 Å². The lowest BCUT2D eigenvalue weighted by Crippen LogP contribution is -2.03. The van der Waals surface area contributed by atoms with Crippen molar-refractivity contribution < 1.29 is 5.11 Å². The lowest BCUT2D eigenvalue weighted by molar-refractivity contribution is 0.220. The Labute approximate surface area is 90.1 Å². The van der Waals surface area contributed by atoms with Gasteiger partial charge in [0.15, 0.2) is 0 Å². The van der Waals surface area contributed by atoms with Gasteiger partial charge in [-0.1, -0.05) is 49.6 Å². The number of nitrogen functional groups attached to an aromatic ring is 1. The van der Waals surface area contributed by atoms with Gasteiger partial charge in [0.1, 0.15) is 6.10 Å². The Morgan fingerprint density at radius 3 is 2.53 bits per heavy atom. The van der Waals surface area contributed by atoms with Crippen LogP contribution in [-0.4, -0.2) is 5.11 Å². The van der Waals surface area contributed by atoms with Gasteiger partial charge in [-0.3, -0.25) is 0 Å². The van der Waals surface area contributed by atoms with Crippen LogP contribution in [0, 0.1) is 0 Å². The topological polar surface area (TPSA) is 46.2 Å². The molecule has 3 N–H and O–H groups in total. The molecule has 0 heterocycles. The van der Waals surface area contributed by atoms with Crippen molar-refractivity contribution in [3.05, 3.63) is 66.8 Å². The summed E-state index contributed by atoms with van der Waals surface area (Å²) in [7, 11) is 0. The van der Waals surface area contributed by atoms with Crippen molar-refractivity contribution in [2.45, 2.75) is 6.10 Å². The average molecular weight is 201 g/mol. The lowest BCUT2D eigenvalue weighted by Gasteiger charge is -2.13. The summed E-state index contributed by atoms with van der Waals surface area (Å²) in [6.07, 6.45) is 4.17. The largest absolute Gasteiger partial charge is 0.398 e. The van der Waals surface area contributed by atoms with E-state index in [1.54, 1.807) is 30.4 Å². The van der Waals surface area contributed by atoms with Gasteiger partial charge in [0.2, 0.25) is 0 Å². The molecule has 0 aromatic heterocycles. The monoisotopic (exact) mass is 201 g/mol. The number of rotatable bonds is 4. The first kappa shape index (κ1) is 11.3. The van der Waals surface area contributed by atoms with E-state index in [4.69, 9.17) is 5.73 Å². The highest BCUT2D eigenvalue weighted by atomic mass is 16.3. The van der Waals surface area contributed by atoms with Crippen LogP contribution >= 0.6 is 0 Å². The number of aliphatic hydroxyl groups is 1. The number of allylic oxidation sites excluding steroid dienone is 2. The van der Waals surface area contributed by atoms with Crippen LogP contribution in [0.15, 0.2) is 61.2 Å². The molecular weight excluding hydrogens is 186 g/mol. The SMILES string of the molecule is C=C/C=C(\C=C)C(O)c1ccccc1N. The third kappa shape index (κ3) is 2.58. The van der Waals surface area contributed by atoms with Gasteiger partial charge in [-0.25, -0.2) is 0 Å². The van der Waals surface area contributed by atoms with Gasteiger partial charge >= 0.3 is 0 Å². The summed E-state index contributed by atoms with van der Waals surface area (Å²) in [5.74, 6) is 0. The van der Waals surface area contributed by atoms with Crippen LogP contribution in [0.2, 0.25) is 0 Å². The zero-order chi connectivity index (χ0) is 11.3. The third-order valence-electron chi connectivity index (χ3n) is 2.15. The lowest BCUT2D eigenvalue weighted by atomic mass is 10.00. The van der Waals surface area contributed by atoms with Gasteiger partial charge in [-0.05, 0) is 11.6 Å². The first-order valence-corrected chi connectivity index (χ1v) is 4.68. The molecule has 0 spiro atoms. The number of benzene rings is 1. The van der Waals surface area contributed by atoms with Gasteiger partial charge in [0.25, 0.3) is 0 Å². The Morgan fingerprint density at radius 1 is 1.33 bits per heavy atom. The predicted octanol–water partition coefficient (Wildman–Crippen LogP) is 2.60. The molecule has 0 radical (unpaired) electrons. The fourth-order valence-electron chi connectivity index (χ4n) is 1.35. The molecule has 0 bridgehead atoms. The molecule has 0 amide bonds. The maximum atomic E-state index is 10.0. The van der Waals surface area contributed by atoms with E-state index in [9.17, 15) is 5.11 Å². The minimum Gasteiger partial charge on any atom is -0.398 e. The van der Waals surface area contributed by atoms with E-state index in [0.29, 0.717) is 16.8 Å². The second kappa shape index (κ2) is 5.17. The van der Waals surface area contributed by atoms with Gasteiger partial charge < -0.3 is 10.8 Å². The summed E-state index contributed by atoms with van der Waals surface area (Å²) < 4.78 is 0. The highest BCUT2D eigenvalue weighted by Crippen LogP contribution is 2.26. The fourth-order valence-corrected chi connectivity index (χ4v) is 1.35. The molecule has 0 aliphatic rings. The molecule has 78 valence electrons. The second-order valence-electron chi connectivity index (χ2n) is 3.14. The standard InChI is InChI=1S/C13H15NO/c1-3-7-10(4-2)13(15)11-8-5-6-9-12(11)14/h3-9,13,15H,1-2,14H2/b10-7+. The summed E-state index contributed by atoms with van der Waals surface area (Å²) in [4.78, 5) is 0. The van der Waals surface area contributed by atoms with Crippen LogP contribution < -0.4 is 5.73 Å². The average Bonchev–Trinajstić information content (AvgIpc) is 2.25. The highest BCUT2D eigenvalue weighted by Gasteiger charge is 2.12. The van der Waals surface area contributed by atoms with Crippen molar-refractivity contribution in [2.24, 2.45) is 0 Å². The maximum Gasteiger partial charge on any atom is 0.106 e. The number of nitrogens with two attached hydrogens (primary N) is 1. The van der Waals surface area contributed by atoms with Gasteiger partial charge in [0.05, 0.1) is 0 Å². The van der Waals surface area contributed by atoms with Crippen LogP contribution in [-0.2, 0) is 0 Å². The molecule has 0 aliphatic carbocycles. The smallest absolute Gasteiger partial charge is 0.106 e. The summed E-state index contributed by atoms with van der Waals surface area (Å²) in [6, 6.07) is 7.22. The van der Waals surface area contributed by atoms with Crippen molar-refractivity contribution >= 4 is 5.69 Å². The first-order valence-electron chi connectivity index (χ1n) is 4.68. The van der Waals surface area contributed by atoms with Gasteiger partial charge in [-0.2, -0.15) is 0 Å². The molecule has 1 atom stereocenters. The van der Waals surface area contributed by atoms with Crippen molar-refractivity contribution in [1.82, 2.24) is 0 Å². The molecule has 0 aliphatic heterocycles. The van der Waals surface area contributed by atoms with Crippen molar-refractivity contribution in [3.8, 4) is 0 Å². The number of anilines is 1. The number of hydrogen-bond donors (Lipinski definition) is 2. The van der Waals surface area contributed by atoms with E-state index in [0.717, 1.165) is 0 Å². The molecule has 0 saturated carbocycles. The summed E-state index contributed by atoms with van der Waals surface area (Å²) in [5.41, 5.74) is 7.70. The van der Waals surface area contributed by atoms with E-state index < -0.39 is 6.10 Å². The highest BCUT2D eigenvalue weighted by molar-refractivity contribution is 5.51. The Bertz CT molecular complexity index is 393. The summed E-state index contributed by atoms with van der Waals surface area (Å²) in [6.45, 7) is 7.22. The predicted molar refractivity (Wildman–Crippen MR) is 64.3 cm³/mol. The van der Waals surface area contributed by atoms with Crippen molar-refractivity contribution in [3.63, 3.8) is 0 Å². The van der Waals surface area contributed by atoms with E-state index in [-0.39, 0.29) is 0 Å². The Morgan fingerprint density at radius 2 is 2.00 bits per heavy atom. The number of aliphatic hydroxyl groups excluding tert-OH is 1. The minimum atomic E-state index is -0.748. The number of hydrogen-bond acceptors (Lipinski definition) is 2. The van der Waals surface area contributed by atoms with E-state index in [1.807, 2.05) is 12.1 Å². The molecule has 1 unspecified atom stereocenters. The van der Waals surface area contributed by atoms with Gasteiger partial charge in [-0.15, -0.1) is 0 Å². The zero-order valence-electron chi connectivity index (χ0n) is 8.56. The Balaban J connectivity index is 3.08. The molecule has 2 nitrogen and oxygen atoms in total. The summed E-state index contributed by atoms with van der Waals surface area (Å²) in [5, 5.41) is 10.0. The minimum absolute atomic E-state index is 0.571. The van der Waals surface area contributed by atoms with Crippen LogP contribution in [0.3, 0.4) is 0 Å². The van der Waals surface area contributed by atoms with Crippen molar-refractivity contribution in [2.75, 3.05) is 5.73 Å². The molecular formula is C13H15NO. The third-order valence-corrected chi connectivity index (χ3v) is 2.15. The molecule has 2 heteroatoms. The van der Waals surface area contributed by atoms with Crippen molar-refractivity contribution in [1.29, 1.82) is 0 Å². The van der Waals surface area contributed by atoms with E-state index in [2.05, 4.69) is 13.2 Å². The summed E-state index contributed by atoms with van der Waals surface area (Å²) >= 11 is 0. The Hall–Kier alpha value is -1.80. The van der Waals surface area contributed by atoms with Gasteiger partial charge in [0, 0.05) is 11.3 Å². The number of para-hydroxylation sites is 1. The normalized spacial score (nSPS) is 13.3. The quantitative estimate of drug-likeness (QED) is 0.581.